The largest absolute Gasteiger partial charge is 0.368 e. The smallest absolute Gasteiger partial charge is 0.0656 e. The number of rotatable bonds is 3. The first-order valence-electron chi connectivity index (χ1n) is 6.79. The third kappa shape index (κ3) is 3.55. The summed E-state index contributed by atoms with van der Waals surface area (Å²) in [5, 5.41) is 3.76. The first-order valence-corrected chi connectivity index (χ1v) is 9.17. The maximum absolute atomic E-state index is 3.76. The zero-order chi connectivity index (χ0) is 13.4. The van der Waals surface area contributed by atoms with Crippen molar-refractivity contribution in [3.05, 3.63) is 25.6 Å². The van der Waals surface area contributed by atoms with E-state index in [1.807, 2.05) is 0 Å². The molecule has 0 bridgehead atoms. The summed E-state index contributed by atoms with van der Waals surface area (Å²) in [6, 6.07) is 5.68. The van der Waals surface area contributed by atoms with Crippen molar-refractivity contribution in [3.8, 4) is 0 Å². The van der Waals surface area contributed by atoms with Gasteiger partial charge >= 0.3 is 0 Å². The molecule has 1 saturated carbocycles. The van der Waals surface area contributed by atoms with Crippen molar-refractivity contribution in [2.24, 2.45) is 0 Å². The molecule has 2 aliphatic rings. The van der Waals surface area contributed by atoms with Crippen molar-refractivity contribution in [1.82, 2.24) is 5.32 Å². The molecular weight excluding hydrogens is 436 g/mol. The quantitative estimate of drug-likeness (QED) is 0.715. The first kappa shape index (κ1) is 14.4. The SMILES string of the molecule is Brc1cc(Br)c(N2CCCC(NC3CC3)C2)c(Br)c1. The lowest BCUT2D eigenvalue weighted by Gasteiger charge is -2.36. The Kier molecular flexibility index (Phi) is 4.57. The normalized spacial score (nSPS) is 23.7. The number of hydrogen-bond acceptors (Lipinski definition) is 2. The molecule has 1 heterocycles. The van der Waals surface area contributed by atoms with Crippen LogP contribution in [0.5, 0.6) is 0 Å². The lowest BCUT2D eigenvalue weighted by Crippen LogP contribution is -2.46. The van der Waals surface area contributed by atoms with E-state index in [0.29, 0.717) is 6.04 Å². The monoisotopic (exact) mass is 450 g/mol. The Labute approximate surface area is 139 Å². The van der Waals surface area contributed by atoms with Gasteiger partial charge in [-0.15, -0.1) is 0 Å². The highest BCUT2D eigenvalue weighted by atomic mass is 79.9. The average Bonchev–Trinajstić information content (AvgIpc) is 3.12. The fourth-order valence-corrected chi connectivity index (χ4v) is 5.50. The van der Waals surface area contributed by atoms with Crippen LogP contribution in [0.2, 0.25) is 0 Å². The number of nitrogens with one attached hydrogen (secondary N) is 1. The summed E-state index contributed by atoms with van der Waals surface area (Å²) in [7, 11) is 0. The zero-order valence-corrected chi connectivity index (χ0v) is 15.4. The molecule has 1 atom stereocenters. The van der Waals surface area contributed by atoms with Gasteiger partial charge in [-0.25, -0.2) is 0 Å². The van der Waals surface area contributed by atoms with Gasteiger partial charge < -0.3 is 10.2 Å². The molecule has 5 heteroatoms. The summed E-state index contributed by atoms with van der Waals surface area (Å²) < 4.78 is 3.40. The van der Waals surface area contributed by atoms with Crippen LogP contribution in [-0.2, 0) is 0 Å². The van der Waals surface area contributed by atoms with Crippen LogP contribution in [0.3, 0.4) is 0 Å². The predicted octanol–water partition coefficient (Wildman–Crippen LogP) is 4.69. The van der Waals surface area contributed by atoms with Crippen LogP contribution in [0.4, 0.5) is 5.69 Å². The molecule has 2 nitrogen and oxygen atoms in total. The molecule has 0 spiro atoms. The van der Waals surface area contributed by atoms with Gasteiger partial charge in [0.1, 0.15) is 0 Å². The lowest BCUT2D eigenvalue weighted by atomic mass is 10.0. The summed E-state index contributed by atoms with van der Waals surface area (Å²) in [5.74, 6) is 0. The lowest BCUT2D eigenvalue weighted by molar-refractivity contribution is 0.420. The Morgan fingerprint density at radius 3 is 2.32 bits per heavy atom. The van der Waals surface area contributed by atoms with E-state index in [1.54, 1.807) is 0 Å². The van der Waals surface area contributed by atoms with Gasteiger partial charge in [0.25, 0.3) is 0 Å². The fraction of sp³-hybridized carbons (Fsp3) is 0.571. The highest BCUT2D eigenvalue weighted by molar-refractivity contribution is 9.11. The number of anilines is 1. The highest BCUT2D eigenvalue weighted by Crippen LogP contribution is 2.38. The fourth-order valence-electron chi connectivity index (χ4n) is 2.74. The first-order chi connectivity index (χ1) is 9.13. The second kappa shape index (κ2) is 6.04. The molecular formula is C14H17Br3N2. The van der Waals surface area contributed by atoms with Gasteiger partial charge in [-0.2, -0.15) is 0 Å². The van der Waals surface area contributed by atoms with Crippen LogP contribution >= 0.6 is 47.8 Å². The van der Waals surface area contributed by atoms with Crippen LogP contribution in [0, 0.1) is 0 Å². The average molecular weight is 453 g/mol. The van der Waals surface area contributed by atoms with Gasteiger partial charge in [0.05, 0.1) is 5.69 Å². The van der Waals surface area contributed by atoms with E-state index in [-0.39, 0.29) is 0 Å². The van der Waals surface area contributed by atoms with Crippen molar-refractivity contribution in [3.63, 3.8) is 0 Å². The highest BCUT2D eigenvalue weighted by Gasteiger charge is 2.28. The van der Waals surface area contributed by atoms with Gasteiger partial charge in [-0.05, 0) is 69.7 Å². The molecule has 1 aromatic carbocycles. The van der Waals surface area contributed by atoms with Crippen molar-refractivity contribution < 1.29 is 0 Å². The second-order valence-electron chi connectivity index (χ2n) is 5.44. The minimum Gasteiger partial charge on any atom is -0.368 e. The van der Waals surface area contributed by atoms with Crippen LogP contribution < -0.4 is 10.2 Å². The third-order valence-corrected chi connectivity index (χ3v) is 5.43. The Bertz CT molecular complexity index is 451. The van der Waals surface area contributed by atoms with E-state index in [4.69, 9.17) is 0 Å². The van der Waals surface area contributed by atoms with Crippen molar-refractivity contribution >= 4 is 53.5 Å². The number of hydrogen-bond donors (Lipinski definition) is 1. The topological polar surface area (TPSA) is 15.3 Å². The predicted molar refractivity (Wildman–Crippen MR) is 90.9 cm³/mol. The van der Waals surface area contributed by atoms with E-state index in [1.165, 1.54) is 31.4 Å². The van der Waals surface area contributed by atoms with Crippen molar-refractivity contribution in [2.75, 3.05) is 18.0 Å². The van der Waals surface area contributed by atoms with Gasteiger partial charge in [-0.1, -0.05) is 15.9 Å². The number of benzene rings is 1. The number of piperidine rings is 1. The van der Waals surface area contributed by atoms with E-state index in [9.17, 15) is 0 Å². The molecule has 1 saturated heterocycles. The van der Waals surface area contributed by atoms with E-state index >= 15 is 0 Å². The third-order valence-electron chi connectivity index (χ3n) is 3.77. The molecule has 1 N–H and O–H groups in total. The Morgan fingerprint density at radius 2 is 1.68 bits per heavy atom. The number of halogens is 3. The summed E-state index contributed by atoms with van der Waals surface area (Å²) in [5.41, 5.74) is 1.28. The van der Waals surface area contributed by atoms with Crippen LogP contribution in [0.15, 0.2) is 25.6 Å². The van der Waals surface area contributed by atoms with Crippen LogP contribution in [0.1, 0.15) is 25.7 Å². The molecule has 1 aliphatic heterocycles. The molecule has 1 unspecified atom stereocenters. The molecule has 19 heavy (non-hydrogen) atoms. The second-order valence-corrected chi connectivity index (χ2v) is 8.07. The molecule has 0 aromatic heterocycles. The van der Waals surface area contributed by atoms with Crippen LogP contribution in [0.25, 0.3) is 0 Å². The Balaban J connectivity index is 1.77. The minimum atomic E-state index is 0.642. The summed E-state index contributed by atoms with van der Waals surface area (Å²) in [6.07, 6.45) is 5.29. The maximum atomic E-state index is 3.76. The summed E-state index contributed by atoms with van der Waals surface area (Å²) >= 11 is 10.9. The van der Waals surface area contributed by atoms with Gasteiger partial charge in [0.2, 0.25) is 0 Å². The molecule has 0 amide bonds. The standard InChI is InChI=1S/C14H17Br3N2/c15-9-6-12(16)14(13(17)7-9)19-5-1-2-11(8-19)18-10-3-4-10/h6-7,10-11,18H,1-5,8H2. The molecule has 3 rings (SSSR count). The van der Waals surface area contributed by atoms with Gasteiger partial charge in [-0.3, -0.25) is 0 Å². The van der Waals surface area contributed by atoms with Crippen molar-refractivity contribution in [1.29, 1.82) is 0 Å². The Hall–Kier alpha value is 0.420. The minimum absolute atomic E-state index is 0.642. The van der Waals surface area contributed by atoms with Crippen molar-refractivity contribution in [2.45, 2.75) is 37.8 Å². The molecule has 2 fully saturated rings. The molecule has 1 aliphatic carbocycles. The zero-order valence-electron chi connectivity index (χ0n) is 10.6. The van der Waals surface area contributed by atoms with E-state index in [0.717, 1.165) is 32.5 Å². The van der Waals surface area contributed by atoms with E-state index in [2.05, 4.69) is 70.1 Å². The molecule has 104 valence electrons. The molecule has 0 radical (unpaired) electrons. The van der Waals surface area contributed by atoms with E-state index < -0.39 is 0 Å². The molecule has 1 aromatic rings. The number of nitrogens with zero attached hydrogens (tertiary/aromatic N) is 1. The summed E-state index contributed by atoms with van der Waals surface area (Å²) in [6.45, 7) is 2.25. The van der Waals surface area contributed by atoms with Gasteiger partial charge in [0, 0.05) is 38.6 Å². The Morgan fingerprint density at radius 1 is 1.00 bits per heavy atom. The maximum Gasteiger partial charge on any atom is 0.0656 e. The van der Waals surface area contributed by atoms with Gasteiger partial charge in [0.15, 0.2) is 0 Å². The van der Waals surface area contributed by atoms with Crippen LogP contribution in [-0.4, -0.2) is 25.2 Å². The summed E-state index contributed by atoms with van der Waals surface area (Å²) in [4.78, 5) is 2.49.